The largest absolute Gasteiger partial charge is 0.320 e. The van der Waals surface area contributed by atoms with E-state index in [2.05, 4.69) is 5.32 Å². The van der Waals surface area contributed by atoms with Gasteiger partial charge in [-0.25, -0.2) is 0 Å². The maximum absolute atomic E-state index is 11.8. The Balaban J connectivity index is 2.25. The van der Waals surface area contributed by atoms with E-state index >= 15 is 0 Å². The number of anilines is 1. The van der Waals surface area contributed by atoms with Gasteiger partial charge in [0.1, 0.15) is 0 Å². The van der Waals surface area contributed by atoms with Crippen molar-refractivity contribution in [2.24, 2.45) is 0 Å². The number of para-hydroxylation sites is 1. The van der Waals surface area contributed by atoms with Gasteiger partial charge in [-0.05, 0) is 30.0 Å². The van der Waals surface area contributed by atoms with Crippen LogP contribution in [0.3, 0.4) is 0 Å². The molecule has 2 nitrogen and oxygen atoms in total. The second-order valence-electron chi connectivity index (χ2n) is 3.36. The number of aryl methyl sites for hydroxylation is 1. The Bertz CT molecular complexity index is 487. The Kier molecular flexibility index (Phi) is 3.27. The van der Waals surface area contributed by atoms with Crippen molar-refractivity contribution in [2.75, 3.05) is 5.32 Å². The summed E-state index contributed by atoms with van der Waals surface area (Å²) in [6, 6.07) is 9.16. The van der Waals surface area contributed by atoms with Crippen molar-refractivity contribution in [1.29, 1.82) is 0 Å². The highest BCUT2D eigenvalue weighted by molar-refractivity contribution is 7.12. The number of benzene rings is 1. The van der Waals surface area contributed by atoms with Crippen molar-refractivity contribution >= 4 is 34.5 Å². The molecule has 2 rings (SSSR count). The van der Waals surface area contributed by atoms with Crippen LogP contribution in [0.2, 0.25) is 5.02 Å². The van der Waals surface area contributed by atoms with E-state index in [1.807, 2.05) is 30.5 Å². The molecule has 0 aliphatic heterocycles. The van der Waals surface area contributed by atoms with Crippen LogP contribution in [0, 0.1) is 6.92 Å². The number of nitrogens with one attached hydrogen (secondary N) is 1. The monoisotopic (exact) mass is 251 g/mol. The molecule has 0 radical (unpaired) electrons. The maximum Gasteiger partial charge on any atom is 0.265 e. The molecule has 1 aromatic carbocycles. The van der Waals surface area contributed by atoms with Gasteiger partial charge in [0.15, 0.2) is 0 Å². The third-order valence-corrected chi connectivity index (χ3v) is 3.39. The van der Waals surface area contributed by atoms with E-state index in [-0.39, 0.29) is 5.91 Å². The van der Waals surface area contributed by atoms with Gasteiger partial charge < -0.3 is 5.32 Å². The van der Waals surface area contributed by atoms with Crippen LogP contribution in [0.25, 0.3) is 0 Å². The summed E-state index contributed by atoms with van der Waals surface area (Å²) in [4.78, 5) is 12.5. The Morgan fingerprint density at radius 3 is 2.75 bits per heavy atom. The lowest BCUT2D eigenvalue weighted by Crippen LogP contribution is -2.11. The maximum atomic E-state index is 11.8. The normalized spacial score (nSPS) is 10.1. The average molecular weight is 252 g/mol. The molecule has 1 N–H and O–H groups in total. The quantitative estimate of drug-likeness (QED) is 0.860. The molecule has 0 fully saturated rings. The van der Waals surface area contributed by atoms with Gasteiger partial charge in [-0.15, -0.1) is 11.3 Å². The fraction of sp³-hybridized carbons (Fsp3) is 0.0833. The van der Waals surface area contributed by atoms with Crippen LogP contribution in [0.1, 0.15) is 15.2 Å². The lowest BCUT2D eigenvalue weighted by molar-refractivity contribution is 0.103. The molecular weight excluding hydrogens is 242 g/mol. The zero-order valence-electron chi connectivity index (χ0n) is 8.66. The standard InChI is InChI=1S/C12H10ClNOS/c1-8-4-2-5-9(13)11(8)14-12(15)10-6-3-7-16-10/h2-7H,1H3,(H,14,15). The first-order valence-electron chi connectivity index (χ1n) is 4.78. The minimum Gasteiger partial charge on any atom is -0.320 e. The van der Waals surface area contributed by atoms with Gasteiger partial charge in [-0.2, -0.15) is 0 Å². The second kappa shape index (κ2) is 4.68. The van der Waals surface area contributed by atoms with E-state index in [1.165, 1.54) is 11.3 Å². The predicted octanol–water partition coefficient (Wildman–Crippen LogP) is 3.96. The molecule has 0 bridgehead atoms. The minimum absolute atomic E-state index is 0.119. The van der Waals surface area contributed by atoms with Gasteiger partial charge in [-0.1, -0.05) is 29.8 Å². The topological polar surface area (TPSA) is 29.1 Å². The molecule has 1 aromatic heterocycles. The first kappa shape index (κ1) is 11.2. The summed E-state index contributed by atoms with van der Waals surface area (Å²) in [5, 5.41) is 5.25. The molecule has 4 heteroatoms. The van der Waals surface area contributed by atoms with Gasteiger partial charge >= 0.3 is 0 Å². The Labute approximate surface area is 103 Å². The predicted molar refractivity (Wildman–Crippen MR) is 68.5 cm³/mol. The fourth-order valence-corrected chi connectivity index (χ4v) is 2.26. The molecule has 0 saturated carbocycles. The van der Waals surface area contributed by atoms with E-state index in [4.69, 9.17) is 11.6 Å². The van der Waals surface area contributed by atoms with E-state index in [9.17, 15) is 4.79 Å². The number of halogens is 1. The lowest BCUT2D eigenvalue weighted by atomic mass is 10.2. The number of amides is 1. The zero-order chi connectivity index (χ0) is 11.5. The van der Waals surface area contributed by atoms with Crippen LogP contribution in [0.4, 0.5) is 5.69 Å². The number of carbonyl (C=O) groups excluding carboxylic acids is 1. The Hall–Kier alpha value is -1.32. The second-order valence-corrected chi connectivity index (χ2v) is 4.72. The van der Waals surface area contributed by atoms with Crippen LogP contribution in [0.5, 0.6) is 0 Å². The molecule has 0 saturated heterocycles. The van der Waals surface area contributed by atoms with Gasteiger partial charge in [0.25, 0.3) is 5.91 Å². The number of hydrogen-bond donors (Lipinski definition) is 1. The first-order valence-corrected chi connectivity index (χ1v) is 6.04. The SMILES string of the molecule is Cc1cccc(Cl)c1NC(=O)c1cccs1. The number of hydrogen-bond acceptors (Lipinski definition) is 2. The Morgan fingerprint density at radius 1 is 1.31 bits per heavy atom. The highest BCUT2D eigenvalue weighted by Gasteiger charge is 2.10. The summed E-state index contributed by atoms with van der Waals surface area (Å²) in [6.07, 6.45) is 0. The smallest absolute Gasteiger partial charge is 0.265 e. The molecule has 82 valence electrons. The van der Waals surface area contributed by atoms with E-state index in [0.717, 1.165) is 5.56 Å². The van der Waals surface area contributed by atoms with E-state index in [0.29, 0.717) is 15.6 Å². The van der Waals surface area contributed by atoms with Crippen molar-refractivity contribution in [3.05, 3.63) is 51.2 Å². The molecule has 0 atom stereocenters. The van der Waals surface area contributed by atoms with Crippen LogP contribution in [-0.2, 0) is 0 Å². The molecule has 0 spiro atoms. The van der Waals surface area contributed by atoms with E-state index in [1.54, 1.807) is 12.1 Å². The zero-order valence-corrected chi connectivity index (χ0v) is 10.2. The first-order chi connectivity index (χ1) is 7.68. The number of rotatable bonds is 2. The molecular formula is C12H10ClNOS. The van der Waals surface area contributed by atoms with Crippen LogP contribution in [0.15, 0.2) is 35.7 Å². The highest BCUT2D eigenvalue weighted by Crippen LogP contribution is 2.26. The van der Waals surface area contributed by atoms with Gasteiger partial charge in [0.05, 0.1) is 15.6 Å². The lowest BCUT2D eigenvalue weighted by Gasteiger charge is -2.08. The molecule has 0 unspecified atom stereocenters. The minimum atomic E-state index is -0.119. The van der Waals surface area contributed by atoms with Crippen molar-refractivity contribution in [1.82, 2.24) is 0 Å². The van der Waals surface area contributed by atoms with Crippen molar-refractivity contribution < 1.29 is 4.79 Å². The summed E-state index contributed by atoms with van der Waals surface area (Å²) < 4.78 is 0. The van der Waals surface area contributed by atoms with Crippen molar-refractivity contribution in [3.8, 4) is 0 Å². The summed E-state index contributed by atoms with van der Waals surface area (Å²) in [5.41, 5.74) is 1.64. The average Bonchev–Trinajstić information content (AvgIpc) is 2.76. The van der Waals surface area contributed by atoms with Crippen molar-refractivity contribution in [3.63, 3.8) is 0 Å². The van der Waals surface area contributed by atoms with Crippen LogP contribution >= 0.6 is 22.9 Å². The molecule has 1 heterocycles. The molecule has 2 aromatic rings. The molecule has 1 amide bonds. The summed E-state index contributed by atoms with van der Waals surface area (Å²) in [5.74, 6) is -0.119. The summed E-state index contributed by atoms with van der Waals surface area (Å²) in [6.45, 7) is 1.91. The molecule has 0 aliphatic rings. The highest BCUT2D eigenvalue weighted by atomic mass is 35.5. The van der Waals surface area contributed by atoms with Gasteiger partial charge in [-0.3, -0.25) is 4.79 Å². The molecule has 16 heavy (non-hydrogen) atoms. The Morgan fingerprint density at radius 2 is 2.12 bits per heavy atom. The third-order valence-electron chi connectivity index (χ3n) is 2.21. The van der Waals surface area contributed by atoms with Crippen molar-refractivity contribution in [2.45, 2.75) is 6.92 Å². The summed E-state index contributed by atoms with van der Waals surface area (Å²) in [7, 11) is 0. The number of carbonyl (C=O) groups is 1. The molecule has 0 aliphatic carbocycles. The fourth-order valence-electron chi connectivity index (χ4n) is 1.37. The van der Waals surface area contributed by atoms with Gasteiger partial charge in [0, 0.05) is 0 Å². The van der Waals surface area contributed by atoms with Gasteiger partial charge in [0.2, 0.25) is 0 Å². The number of thiophene rings is 1. The summed E-state index contributed by atoms with van der Waals surface area (Å²) >= 11 is 7.43. The third kappa shape index (κ3) is 2.26. The van der Waals surface area contributed by atoms with E-state index < -0.39 is 0 Å². The van der Waals surface area contributed by atoms with Crippen LogP contribution in [-0.4, -0.2) is 5.91 Å². The van der Waals surface area contributed by atoms with Crippen LogP contribution < -0.4 is 5.32 Å².